The molecule has 0 unspecified atom stereocenters. The molecule has 6 rings (SSSR count). The third kappa shape index (κ3) is 7.31. The van der Waals surface area contributed by atoms with Crippen molar-refractivity contribution in [3.63, 3.8) is 0 Å². The smallest absolute Gasteiger partial charge is 0.274 e. The standard InChI is InChI=1S/C39H33O4P/c40-44(41-37(31-19-7-1-8-20-31)32-21-9-2-10-22-32,42-38(33-23-11-3-12-24-33)34-25-13-4-14-26-34)43-39(35-27-15-5-16-28-35)36-29-17-6-18-30-36/h1-30,37-39H. The molecule has 0 spiro atoms. The lowest BCUT2D eigenvalue weighted by atomic mass is 10.0. The quantitative estimate of drug-likeness (QED) is 0.132. The van der Waals surface area contributed by atoms with Gasteiger partial charge in [-0.15, -0.1) is 0 Å². The van der Waals surface area contributed by atoms with Gasteiger partial charge in [0, 0.05) is 0 Å². The van der Waals surface area contributed by atoms with Gasteiger partial charge in [-0.3, -0.25) is 13.6 Å². The highest BCUT2D eigenvalue weighted by Crippen LogP contribution is 2.61. The van der Waals surface area contributed by atoms with Crippen LogP contribution in [0.3, 0.4) is 0 Å². The zero-order valence-electron chi connectivity index (χ0n) is 24.1. The molecule has 0 saturated carbocycles. The molecule has 0 heterocycles. The number of benzene rings is 6. The number of rotatable bonds is 12. The van der Waals surface area contributed by atoms with E-state index in [1.807, 2.05) is 182 Å². The largest absolute Gasteiger partial charge is 0.477 e. The van der Waals surface area contributed by atoms with Gasteiger partial charge in [0.05, 0.1) is 0 Å². The maximum absolute atomic E-state index is 15.4. The van der Waals surface area contributed by atoms with E-state index in [1.165, 1.54) is 0 Å². The van der Waals surface area contributed by atoms with E-state index in [1.54, 1.807) is 0 Å². The fourth-order valence-corrected chi connectivity index (χ4v) is 6.83. The van der Waals surface area contributed by atoms with Gasteiger partial charge in [0.1, 0.15) is 18.3 Å². The van der Waals surface area contributed by atoms with Crippen LogP contribution in [0.15, 0.2) is 182 Å². The normalized spacial score (nSPS) is 11.7. The van der Waals surface area contributed by atoms with Crippen molar-refractivity contribution in [1.29, 1.82) is 0 Å². The molecule has 0 aliphatic rings. The first-order valence-electron chi connectivity index (χ1n) is 14.6. The van der Waals surface area contributed by atoms with E-state index >= 15 is 4.57 Å². The van der Waals surface area contributed by atoms with Gasteiger partial charge in [0.25, 0.3) is 0 Å². The second kappa shape index (κ2) is 14.3. The molecule has 44 heavy (non-hydrogen) atoms. The lowest BCUT2D eigenvalue weighted by Gasteiger charge is -2.31. The Balaban J connectivity index is 1.48. The van der Waals surface area contributed by atoms with Crippen molar-refractivity contribution in [2.45, 2.75) is 18.3 Å². The van der Waals surface area contributed by atoms with Crippen LogP contribution in [0.1, 0.15) is 51.7 Å². The summed E-state index contributed by atoms with van der Waals surface area (Å²) in [4.78, 5) is 0. The summed E-state index contributed by atoms with van der Waals surface area (Å²) in [5.41, 5.74) is 4.99. The molecule has 5 heteroatoms. The topological polar surface area (TPSA) is 44.8 Å². The fourth-order valence-electron chi connectivity index (χ4n) is 5.17. The van der Waals surface area contributed by atoms with E-state index in [-0.39, 0.29) is 0 Å². The Morgan fingerprint density at radius 2 is 0.455 bits per heavy atom. The zero-order valence-corrected chi connectivity index (χ0v) is 25.0. The first-order chi connectivity index (χ1) is 21.7. The molecule has 218 valence electrons. The minimum Gasteiger partial charge on any atom is -0.274 e. The SMILES string of the molecule is O=P(OC(c1ccccc1)c1ccccc1)(OC(c1ccccc1)c1ccccc1)OC(c1ccccc1)c1ccccc1. The Labute approximate surface area is 259 Å². The van der Waals surface area contributed by atoms with Crippen LogP contribution in [0.25, 0.3) is 0 Å². The van der Waals surface area contributed by atoms with Gasteiger partial charge in [-0.25, -0.2) is 4.57 Å². The molecule has 0 aliphatic heterocycles. The van der Waals surface area contributed by atoms with Gasteiger partial charge in [0.2, 0.25) is 0 Å². The van der Waals surface area contributed by atoms with Crippen molar-refractivity contribution in [2.24, 2.45) is 0 Å². The summed E-state index contributed by atoms with van der Waals surface area (Å²) in [7, 11) is -4.38. The monoisotopic (exact) mass is 596 g/mol. The molecule has 0 aliphatic carbocycles. The number of hydrogen-bond donors (Lipinski definition) is 0. The van der Waals surface area contributed by atoms with Crippen molar-refractivity contribution in [3.05, 3.63) is 215 Å². The third-order valence-corrected chi connectivity index (χ3v) is 8.72. The van der Waals surface area contributed by atoms with Crippen LogP contribution in [0.4, 0.5) is 0 Å². The first kappa shape index (κ1) is 29.5. The molecule has 0 fully saturated rings. The zero-order chi connectivity index (χ0) is 30.0. The summed E-state index contributed by atoms with van der Waals surface area (Å²) in [5.74, 6) is 0. The van der Waals surface area contributed by atoms with Crippen molar-refractivity contribution in [1.82, 2.24) is 0 Å². The maximum atomic E-state index is 15.4. The molecule has 4 nitrogen and oxygen atoms in total. The summed E-state index contributed by atoms with van der Waals surface area (Å²) >= 11 is 0. The van der Waals surface area contributed by atoms with Crippen molar-refractivity contribution < 1.29 is 18.1 Å². The minimum atomic E-state index is -4.38. The number of phosphoric ester groups is 1. The summed E-state index contributed by atoms with van der Waals surface area (Å²) < 4.78 is 35.4. The van der Waals surface area contributed by atoms with Crippen molar-refractivity contribution >= 4 is 7.82 Å². The van der Waals surface area contributed by atoms with Crippen LogP contribution in [0.2, 0.25) is 0 Å². The van der Waals surface area contributed by atoms with E-state index in [4.69, 9.17) is 13.6 Å². The fraction of sp³-hybridized carbons (Fsp3) is 0.0769. The van der Waals surface area contributed by atoms with Gasteiger partial charge in [-0.05, 0) is 33.4 Å². The minimum absolute atomic E-state index is 0.720. The van der Waals surface area contributed by atoms with Gasteiger partial charge < -0.3 is 0 Å². The third-order valence-electron chi connectivity index (χ3n) is 7.32. The highest BCUT2D eigenvalue weighted by molar-refractivity contribution is 7.48. The Bertz CT molecular complexity index is 1420. The van der Waals surface area contributed by atoms with E-state index < -0.39 is 26.1 Å². The van der Waals surface area contributed by atoms with E-state index in [0.717, 1.165) is 33.4 Å². The molecule has 0 bridgehead atoms. The molecular weight excluding hydrogens is 563 g/mol. The molecule has 0 amide bonds. The van der Waals surface area contributed by atoms with Gasteiger partial charge in [0.15, 0.2) is 0 Å². The molecule has 6 aromatic rings. The lowest BCUT2D eigenvalue weighted by molar-refractivity contribution is 0.0565. The van der Waals surface area contributed by atoms with Crippen LogP contribution < -0.4 is 0 Å². The number of phosphoric acid groups is 1. The van der Waals surface area contributed by atoms with E-state index in [0.29, 0.717) is 0 Å². The molecule has 0 radical (unpaired) electrons. The van der Waals surface area contributed by atoms with E-state index in [2.05, 4.69) is 0 Å². The van der Waals surface area contributed by atoms with Crippen LogP contribution >= 0.6 is 7.82 Å². The summed E-state index contributed by atoms with van der Waals surface area (Å²) in [5, 5.41) is 0. The molecule has 0 aromatic heterocycles. The van der Waals surface area contributed by atoms with Crippen LogP contribution in [-0.2, 0) is 18.1 Å². The summed E-state index contributed by atoms with van der Waals surface area (Å²) in [6.45, 7) is 0. The molecule has 0 N–H and O–H groups in total. The predicted octanol–water partition coefficient (Wildman–Crippen LogP) is 10.5. The highest BCUT2D eigenvalue weighted by atomic mass is 31.2. The van der Waals surface area contributed by atoms with Crippen molar-refractivity contribution in [3.8, 4) is 0 Å². The average Bonchev–Trinajstić information content (AvgIpc) is 3.11. The second-order valence-corrected chi connectivity index (χ2v) is 11.9. The first-order valence-corrected chi connectivity index (χ1v) is 16.1. The molecule has 0 saturated heterocycles. The Hall–Kier alpha value is -4.57. The lowest BCUT2D eigenvalue weighted by Crippen LogP contribution is -2.15. The Kier molecular flexibility index (Phi) is 9.57. The molecule has 6 aromatic carbocycles. The van der Waals surface area contributed by atoms with Gasteiger partial charge in [-0.2, -0.15) is 0 Å². The second-order valence-electron chi connectivity index (χ2n) is 10.4. The van der Waals surface area contributed by atoms with Crippen LogP contribution in [-0.4, -0.2) is 0 Å². The Morgan fingerprint density at radius 1 is 0.295 bits per heavy atom. The van der Waals surface area contributed by atoms with E-state index in [9.17, 15) is 0 Å². The summed E-state index contributed by atoms with van der Waals surface area (Å²) in [6, 6.07) is 58.4. The van der Waals surface area contributed by atoms with Gasteiger partial charge in [-0.1, -0.05) is 182 Å². The highest BCUT2D eigenvalue weighted by Gasteiger charge is 2.40. The number of hydrogen-bond acceptors (Lipinski definition) is 4. The predicted molar refractivity (Wildman–Crippen MR) is 175 cm³/mol. The molecular formula is C39H33O4P. The summed E-state index contributed by atoms with van der Waals surface area (Å²) in [6.07, 6.45) is -2.16. The van der Waals surface area contributed by atoms with Crippen molar-refractivity contribution in [2.75, 3.05) is 0 Å². The van der Waals surface area contributed by atoms with Crippen LogP contribution in [0.5, 0.6) is 0 Å². The average molecular weight is 597 g/mol. The Morgan fingerprint density at radius 3 is 0.614 bits per heavy atom. The maximum Gasteiger partial charge on any atom is 0.477 e. The molecule has 0 atom stereocenters. The van der Waals surface area contributed by atoms with Crippen LogP contribution in [0, 0.1) is 0 Å². The van der Waals surface area contributed by atoms with Gasteiger partial charge >= 0.3 is 7.82 Å².